The fourth-order valence-corrected chi connectivity index (χ4v) is 2.24. The molecular formula is C14H8Br2F2O3. The Labute approximate surface area is 136 Å². The summed E-state index contributed by atoms with van der Waals surface area (Å²) in [5.74, 6) is -1.78. The standard InChI is InChI=1S/C14H8Br2F2O3/c15-8-1-3-13(11(18)5-8)21-14(19)7-20-12-4-2-9(17)6-10(12)16/h1-6H,7H2. The molecule has 0 saturated carbocycles. The van der Waals surface area contributed by atoms with E-state index in [0.717, 1.165) is 0 Å². The number of halogens is 4. The van der Waals surface area contributed by atoms with Gasteiger partial charge < -0.3 is 9.47 Å². The van der Waals surface area contributed by atoms with Crippen molar-refractivity contribution in [3.63, 3.8) is 0 Å². The van der Waals surface area contributed by atoms with Crippen LogP contribution in [0.25, 0.3) is 0 Å². The van der Waals surface area contributed by atoms with Gasteiger partial charge in [0.2, 0.25) is 0 Å². The van der Waals surface area contributed by atoms with Crippen molar-refractivity contribution < 1.29 is 23.0 Å². The molecule has 110 valence electrons. The SMILES string of the molecule is O=C(COc1ccc(F)cc1Br)Oc1ccc(Br)cc1F. The summed E-state index contributed by atoms with van der Waals surface area (Å²) in [6.45, 7) is -0.431. The first-order valence-electron chi connectivity index (χ1n) is 5.69. The van der Waals surface area contributed by atoms with Crippen LogP contribution in [0.15, 0.2) is 45.3 Å². The van der Waals surface area contributed by atoms with Gasteiger partial charge in [-0.1, -0.05) is 15.9 Å². The molecule has 2 aromatic carbocycles. The van der Waals surface area contributed by atoms with Gasteiger partial charge in [0.05, 0.1) is 4.47 Å². The first kappa shape index (κ1) is 15.9. The van der Waals surface area contributed by atoms with Gasteiger partial charge >= 0.3 is 5.97 Å². The Morgan fingerprint density at radius 2 is 1.76 bits per heavy atom. The Morgan fingerprint density at radius 1 is 1.05 bits per heavy atom. The van der Waals surface area contributed by atoms with Crippen molar-refractivity contribution in [3.8, 4) is 11.5 Å². The summed E-state index contributed by atoms with van der Waals surface area (Å²) < 4.78 is 37.3. The van der Waals surface area contributed by atoms with Crippen molar-refractivity contribution in [1.82, 2.24) is 0 Å². The monoisotopic (exact) mass is 420 g/mol. The minimum Gasteiger partial charge on any atom is -0.481 e. The lowest BCUT2D eigenvalue weighted by Gasteiger charge is -2.09. The van der Waals surface area contributed by atoms with Gasteiger partial charge in [0, 0.05) is 4.47 Å². The summed E-state index contributed by atoms with van der Waals surface area (Å²) in [7, 11) is 0. The van der Waals surface area contributed by atoms with Crippen LogP contribution < -0.4 is 9.47 Å². The van der Waals surface area contributed by atoms with Gasteiger partial charge in [0.25, 0.3) is 0 Å². The highest BCUT2D eigenvalue weighted by atomic mass is 79.9. The van der Waals surface area contributed by atoms with Crippen LogP contribution in [0.2, 0.25) is 0 Å². The van der Waals surface area contributed by atoms with E-state index >= 15 is 0 Å². The molecule has 0 aromatic heterocycles. The summed E-state index contributed by atoms with van der Waals surface area (Å²) in [5.41, 5.74) is 0. The lowest BCUT2D eigenvalue weighted by atomic mass is 10.3. The Balaban J connectivity index is 1.96. The van der Waals surface area contributed by atoms with Crippen LogP contribution in [0, 0.1) is 11.6 Å². The van der Waals surface area contributed by atoms with Crippen molar-refractivity contribution in [3.05, 3.63) is 57.0 Å². The molecule has 2 aromatic rings. The third-order valence-electron chi connectivity index (χ3n) is 2.36. The minimum atomic E-state index is -0.771. The molecule has 0 saturated heterocycles. The summed E-state index contributed by atoms with van der Waals surface area (Å²) in [4.78, 5) is 11.6. The minimum absolute atomic E-state index is 0.190. The summed E-state index contributed by atoms with van der Waals surface area (Å²) in [6, 6.07) is 7.82. The number of hydrogen-bond acceptors (Lipinski definition) is 3. The Bertz CT molecular complexity index is 677. The molecule has 21 heavy (non-hydrogen) atoms. The fraction of sp³-hybridized carbons (Fsp3) is 0.0714. The van der Waals surface area contributed by atoms with Crippen LogP contribution in [-0.4, -0.2) is 12.6 Å². The molecule has 0 aliphatic carbocycles. The van der Waals surface area contributed by atoms with Gasteiger partial charge in [-0.25, -0.2) is 13.6 Å². The van der Waals surface area contributed by atoms with Crippen molar-refractivity contribution in [1.29, 1.82) is 0 Å². The summed E-state index contributed by atoms with van der Waals surface area (Å²) in [6.07, 6.45) is 0. The zero-order valence-electron chi connectivity index (χ0n) is 10.4. The number of carbonyl (C=O) groups is 1. The summed E-state index contributed by atoms with van der Waals surface area (Å²) in [5, 5.41) is 0. The molecule has 0 unspecified atom stereocenters. The fourth-order valence-electron chi connectivity index (χ4n) is 1.44. The first-order chi connectivity index (χ1) is 9.95. The number of rotatable bonds is 4. The average molecular weight is 422 g/mol. The predicted octanol–water partition coefficient (Wildman–Crippen LogP) is 4.47. The normalized spacial score (nSPS) is 10.3. The quantitative estimate of drug-likeness (QED) is 0.539. The van der Waals surface area contributed by atoms with Gasteiger partial charge in [-0.05, 0) is 52.3 Å². The molecule has 0 aliphatic heterocycles. The molecule has 0 N–H and O–H groups in total. The highest BCUT2D eigenvalue weighted by molar-refractivity contribution is 9.10. The van der Waals surface area contributed by atoms with E-state index < -0.39 is 24.2 Å². The van der Waals surface area contributed by atoms with Gasteiger partial charge in [-0.15, -0.1) is 0 Å². The van der Waals surface area contributed by atoms with Crippen LogP contribution in [-0.2, 0) is 4.79 Å². The average Bonchev–Trinajstić information content (AvgIpc) is 2.41. The zero-order valence-corrected chi connectivity index (χ0v) is 13.6. The second kappa shape index (κ2) is 7.00. The molecule has 3 nitrogen and oxygen atoms in total. The zero-order chi connectivity index (χ0) is 15.4. The van der Waals surface area contributed by atoms with E-state index in [1.807, 2.05) is 0 Å². The van der Waals surface area contributed by atoms with Crippen LogP contribution in [0.3, 0.4) is 0 Å². The molecule has 0 spiro atoms. The van der Waals surface area contributed by atoms with E-state index in [2.05, 4.69) is 31.9 Å². The number of esters is 1. The summed E-state index contributed by atoms with van der Waals surface area (Å²) >= 11 is 6.20. The van der Waals surface area contributed by atoms with Gasteiger partial charge in [-0.3, -0.25) is 0 Å². The van der Waals surface area contributed by atoms with Gasteiger partial charge in [-0.2, -0.15) is 0 Å². The van der Waals surface area contributed by atoms with E-state index in [-0.39, 0.29) is 11.5 Å². The maximum absolute atomic E-state index is 13.5. The van der Waals surface area contributed by atoms with Gasteiger partial charge in [0.15, 0.2) is 18.2 Å². The van der Waals surface area contributed by atoms with Gasteiger partial charge in [0.1, 0.15) is 11.6 Å². The van der Waals surface area contributed by atoms with Crippen LogP contribution in [0.1, 0.15) is 0 Å². The Morgan fingerprint density at radius 3 is 2.43 bits per heavy atom. The third kappa shape index (κ3) is 4.50. The smallest absolute Gasteiger partial charge is 0.349 e. The number of carbonyl (C=O) groups excluding carboxylic acids is 1. The Hall–Kier alpha value is -1.47. The van der Waals surface area contributed by atoms with E-state index in [4.69, 9.17) is 9.47 Å². The largest absolute Gasteiger partial charge is 0.481 e. The molecule has 0 amide bonds. The van der Waals surface area contributed by atoms with Crippen molar-refractivity contribution >= 4 is 37.8 Å². The number of hydrogen-bond donors (Lipinski definition) is 0. The second-order valence-corrected chi connectivity index (χ2v) is 5.68. The molecular weight excluding hydrogens is 414 g/mol. The Kier molecular flexibility index (Phi) is 5.30. The highest BCUT2D eigenvalue weighted by Crippen LogP contribution is 2.26. The molecule has 0 aliphatic rings. The van der Waals surface area contributed by atoms with Crippen LogP contribution >= 0.6 is 31.9 Å². The first-order valence-corrected chi connectivity index (χ1v) is 7.28. The van der Waals surface area contributed by atoms with Crippen molar-refractivity contribution in [2.45, 2.75) is 0 Å². The maximum atomic E-state index is 13.5. The molecule has 0 bridgehead atoms. The van der Waals surface area contributed by atoms with Crippen LogP contribution in [0.5, 0.6) is 11.5 Å². The second-order valence-electron chi connectivity index (χ2n) is 3.91. The molecule has 0 atom stereocenters. The number of benzene rings is 2. The highest BCUT2D eigenvalue weighted by Gasteiger charge is 2.12. The molecule has 0 fully saturated rings. The van der Waals surface area contributed by atoms with E-state index in [1.54, 1.807) is 6.07 Å². The van der Waals surface area contributed by atoms with E-state index in [9.17, 15) is 13.6 Å². The van der Waals surface area contributed by atoms with Crippen molar-refractivity contribution in [2.75, 3.05) is 6.61 Å². The maximum Gasteiger partial charge on any atom is 0.349 e. The molecule has 0 radical (unpaired) electrons. The van der Waals surface area contributed by atoms with Crippen LogP contribution in [0.4, 0.5) is 8.78 Å². The lowest BCUT2D eigenvalue weighted by molar-refractivity contribution is -0.136. The molecule has 7 heteroatoms. The molecule has 0 heterocycles. The third-order valence-corrected chi connectivity index (χ3v) is 3.47. The predicted molar refractivity (Wildman–Crippen MR) is 79.3 cm³/mol. The molecule has 2 rings (SSSR count). The van der Waals surface area contributed by atoms with E-state index in [1.165, 1.54) is 30.3 Å². The van der Waals surface area contributed by atoms with E-state index in [0.29, 0.717) is 8.95 Å². The topological polar surface area (TPSA) is 35.5 Å². The van der Waals surface area contributed by atoms with Crippen molar-refractivity contribution in [2.24, 2.45) is 0 Å². The lowest BCUT2D eigenvalue weighted by Crippen LogP contribution is -2.18. The number of ether oxygens (including phenoxy) is 2.